The van der Waals surface area contributed by atoms with Crippen LogP contribution in [-0.4, -0.2) is 11.9 Å². The molecular weight excluding hydrogens is 582 g/mol. The zero-order valence-corrected chi connectivity index (χ0v) is 26.5. The summed E-state index contributed by atoms with van der Waals surface area (Å²) in [5.74, 6) is 0.0557. The maximum atomic E-state index is 12.3. The predicted octanol–water partition coefficient (Wildman–Crippen LogP) is 10.8. The summed E-state index contributed by atoms with van der Waals surface area (Å²) in [7, 11) is 0. The van der Waals surface area contributed by atoms with Crippen LogP contribution in [0.4, 0.5) is 17.1 Å². The van der Waals surface area contributed by atoms with Crippen molar-refractivity contribution in [3.63, 3.8) is 0 Å². The zero-order valence-electron chi connectivity index (χ0n) is 26.5. The third-order valence-corrected chi connectivity index (χ3v) is 8.40. The second kappa shape index (κ2) is 12.1. The molecule has 0 aliphatic rings. The lowest BCUT2D eigenvalue weighted by atomic mass is 9.93. The largest absolute Gasteiger partial charge is 0.426 e. The van der Waals surface area contributed by atoms with E-state index < -0.39 is 5.97 Å². The van der Waals surface area contributed by atoms with Gasteiger partial charge in [-0.05, 0) is 99.6 Å². The monoisotopic (exact) mass is 615 g/mol. The van der Waals surface area contributed by atoms with E-state index in [2.05, 4.69) is 90.3 Å². The molecule has 0 aromatic heterocycles. The molecule has 0 unspecified atom stereocenters. The highest BCUT2D eigenvalue weighted by Gasteiger charge is 2.19. The average molecular weight is 616 g/mol. The molecule has 0 heterocycles. The minimum absolute atomic E-state index is 0.218. The van der Waals surface area contributed by atoms with Gasteiger partial charge in [-0.3, -0.25) is 4.79 Å². The Hall–Kier alpha value is -5.94. The molecule has 5 heteroatoms. The van der Waals surface area contributed by atoms with E-state index in [0.717, 1.165) is 33.6 Å². The van der Waals surface area contributed by atoms with Crippen LogP contribution in [0.1, 0.15) is 20.8 Å². The molecule has 0 spiro atoms. The Balaban J connectivity index is 1.31. The highest BCUT2D eigenvalue weighted by molar-refractivity contribution is 6.25. The molecule has 0 bridgehead atoms. The van der Waals surface area contributed by atoms with Gasteiger partial charge in [-0.2, -0.15) is 0 Å². The number of carbonyl (C=O) groups is 2. The molecule has 230 valence electrons. The van der Waals surface area contributed by atoms with Crippen molar-refractivity contribution >= 4 is 61.3 Å². The molecule has 0 fully saturated rings. The summed E-state index contributed by atoms with van der Waals surface area (Å²) in [6, 6.07) is 43.1. The van der Waals surface area contributed by atoms with Gasteiger partial charge in [0.05, 0.1) is 11.6 Å². The lowest BCUT2D eigenvalue weighted by Gasteiger charge is -2.28. The summed E-state index contributed by atoms with van der Waals surface area (Å²) in [4.78, 5) is 26.4. The number of benzene rings is 7. The van der Waals surface area contributed by atoms with Gasteiger partial charge < -0.3 is 14.4 Å². The molecule has 47 heavy (non-hydrogen) atoms. The summed E-state index contributed by atoms with van der Waals surface area (Å²) in [5.41, 5.74) is 5.32. The maximum absolute atomic E-state index is 12.3. The fourth-order valence-electron chi connectivity index (χ4n) is 5.95. The minimum atomic E-state index is -0.444. The van der Waals surface area contributed by atoms with Crippen molar-refractivity contribution < 1.29 is 19.1 Å². The molecule has 0 N–H and O–H groups in total. The quantitative estimate of drug-likeness (QED) is 0.0737. The Morgan fingerprint density at radius 1 is 0.596 bits per heavy atom. The standard InChI is InChI=1S/C42H33NO4/c1-26(2)41(44)46-35-20-12-29(13-21-35)28-10-16-33(17-11-28)43(34-18-22-36(23-19-34)47-42(45)27(3)4)38-25-15-32-9-8-30-6-5-7-31-14-24-37(38)40(32)39(30)31/h5-25,27H,1H2,2-4H3. The highest BCUT2D eigenvalue weighted by Crippen LogP contribution is 2.44. The van der Waals surface area contributed by atoms with Gasteiger partial charge in [0.15, 0.2) is 0 Å². The Bertz CT molecular complexity index is 2250. The third-order valence-electron chi connectivity index (χ3n) is 8.40. The first kappa shape index (κ1) is 29.8. The number of carbonyl (C=O) groups excluding carboxylic acids is 2. The number of hydrogen-bond acceptors (Lipinski definition) is 5. The Kier molecular flexibility index (Phi) is 7.66. The first-order valence-electron chi connectivity index (χ1n) is 15.6. The molecule has 7 rings (SSSR count). The smallest absolute Gasteiger partial charge is 0.338 e. The molecule has 0 saturated heterocycles. The number of rotatable bonds is 8. The van der Waals surface area contributed by atoms with Crippen LogP contribution in [0.25, 0.3) is 43.4 Å². The van der Waals surface area contributed by atoms with Crippen LogP contribution in [0.3, 0.4) is 0 Å². The van der Waals surface area contributed by atoms with Gasteiger partial charge in [-0.15, -0.1) is 0 Å². The van der Waals surface area contributed by atoms with Crippen LogP contribution in [0.2, 0.25) is 0 Å². The van der Waals surface area contributed by atoms with Gasteiger partial charge in [0.2, 0.25) is 0 Å². The van der Waals surface area contributed by atoms with Crippen molar-refractivity contribution in [2.45, 2.75) is 20.8 Å². The van der Waals surface area contributed by atoms with Gasteiger partial charge >= 0.3 is 11.9 Å². The molecule has 0 saturated carbocycles. The van der Waals surface area contributed by atoms with Crippen molar-refractivity contribution in [2.24, 2.45) is 5.92 Å². The topological polar surface area (TPSA) is 55.8 Å². The fraction of sp³-hybridized carbons (Fsp3) is 0.0952. The van der Waals surface area contributed by atoms with Crippen LogP contribution in [0.15, 0.2) is 140 Å². The molecule has 7 aromatic rings. The van der Waals surface area contributed by atoms with Crippen LogP contribution in [0, 0.1) is 5.92 Å². The summed E-state index contributed by atoms with van der Waals surface area (Å²) < 4.78 is 10.9. The highest BCUT2D eigenvalue weighted by atomic mass is 16.5. The molecule has 5 nitrogen and oxygen atoms in total. The van der Waals surface area contributed by atoms with Gasteiger partial charge in [0.25, 0.3) is 0 Å². The van der Waals surface area contributed by atoms with Crippen LogP contribution >= 0.6 is 0 Å². The average Bonchev–Trinajstić information content (AvgIpc) is 3.09. The summed E-state index contributed by atoms with van der Waals surface area (Å²) in [6.07, 6.45) is 0. The fourth-order valence-corrected chi connectivity index (χ4v) is 5.95. The van der Waals surface area contributed by atoms with E-state index in [1.54, 1.807) is 19.1 Å². The van der Waals surface area contributed by atoms with Crippen molar-refractivity contribution in [1.82, 2.24) is 0 Å². The molecule has 7 aromatic carbocycles. The van der Waals surface area contributed by atoms with Crippen LogP contribution in [-0.2, 0) is 9.59 Å². The van der Waals surface area contributed by atoms with Crippen molar-refractivity contribution in [2.75, 3.05) is 4.90 Å². The normalized spacial score (nSPS) is 11.3. The summed E-state index contributed by atoms with van der Waals surface area (Å²) >= 11 is 0. The van der Waals surface area contributed by atoms with Gasteiger partial charge in [0.1, 0.15) is 11.5 Å². The van der Waals surface area contributed by atoms with E-state index in [9.17, 15) is 9.59 Å². The molecule has 0 aliphatic carbocycles. The van der Waals surface area contributed by atoms with Gasteiger partial charge in [0, 0.05) is 22.3 Å². The van der Waals surface area contributed by atoms with Crippen molar-refractivity contribution in [3.8, 4) is 22.6 Å². The predicted molar refractivity (Wildman–Crippen MR) is 191 cm³/mol. The zero-order chi connectivity index (χ0) is 32.7. The van der Waals surface area contributed by atoms with E-state index in [0.29, 0.717) is 17.1 Å². The number of esters is 2. The minimum Gasteiger partial charge on any atom is -0.426 e. The number of nitrogens with zero attached hydrogens (tertiary/aromatic N) is 1. The molecular formula is C42H33NO4. The number of hydrogen-bond donors (Lipinski definition) is 0. The first-order chi connectivity index (χ1) is 22.8. The number of anilines is 3. The third kappa shape index (κ3) is 5.68. The van der Waals surface area contributed by atoms with E-state index in [-0.39, 0.29) is 11.9 Å². The number of ether oxygens (including phenoxy) is 2. The van der Waals surface area contributed by atoms with Crippen LogP contribution < -0.4 is 14.4 Å². The molecule has 0 radical (unpaired) electrons. The van der Waals surface area contributed by atoms with Crippen LogP contribution in [0.5, 0.6) is 11.5 Å². The van der Waals surface area contributed by atoms with E-state index in [1.807, 2.05) is 50.2 Å². The van der Waals surface area contributed by atoms with Gasteiger partial charge in [-0.1, -0.05) is 93.2 Å². The lowest BCUT2D eigenvalue weighted by Crippen LogP contribution is -2.15. The first-order valence-corrected chi connectivity index (χ1v) is 15.6. The molecule has 0 aliphatic heterocycles. The van der Waals surface area contributed by atoms with E-state index >= 15 is 0 Å². The van der Waals surface area contributed by atoms with Crippen molar-refractivity contribution in [1.29, 1.82) is 0 Å². The SMILES string of the molecule is C=C(C)C(=O)Oc1ccc(-c2ccc(N(c3ccc(OC(=O)C(C)C)cc3)c3ccc4ccc5cccc6ccc3c4c56)cc2)cc1. The summed E-state index contributed by atoms with van der Waals surface area (Å²) in [5, 5.41) is 7.25. The van der Waals surface area contributed by atoms with Gasteiger partial charge in [-0.25, -0.2) is 4.79 Å². The maximum Gasteiger partial charge on any atom is 0.338 e. The Labute approximate surface area is 273 Å². The lowest BCUT2D eigenvalue weighted by molar-refractivity contribution is -0.137. The van der Waals surface area contributed by atoms with Crippen molar-refractivity contribution in [3.05, 3.63) is 140 Å². The Morgan fingerprint density at radius 3 is 1.68 bits per heavy atom. The Morgan fingerprint density at radius 2 is 1.09 bits per heavy atom. The van der Waals surface area contributed by atoms with E-state index in [1.165, 1.54) is 26.9 Å². The summed E-state index contributed by atoms with van der Waals surface area (Å²) in [6.45, 7) is 8.91. The molecule has 0 atom stereocenters. The second-order valence-corrected chi connectivity index (χ2v) is 12.1. The second-order valence-electron chi connectivity index (χ2n) is 12.1. The molecule has 0 amide bonds. The van der Waals surface area contributed by atoms with E-state index in [4.69, 9.17) is 9.47 Å².